The number of carbonyl (C=O) groups excluding carboxylic acids is 1. The van der Waals surface area contributed by atoms with Crippen LogP contribution < -0.4 is 10.2 Å². The Bertz CT molecular complexity index is 714. The van der Waals surface area contributed by atoms with Crippen molar-refractivity contribution >= 4 is 18.5 Å². The van der Waals surface area contributed by atoms with Crippen molar-refractivity contribution in [3.63, 3.8) is 0 Å². The highest BCUT2D eigenvalue weighted by Crippen LogP contribution is 2.36. The fourth-order valence-electron chi connectivity index (χ4n) is 3.65. The van der Waals surface area contributed by atoms with Crippen LogP contribution in [0.2, 0.25) is 0 Å². The van der Waals surface area contributed by atoms with E-state index in [4.69, 9.17) is 19.2 Å². The van der Waals surface area contributed by atoms with Crippen LogP contribution in [-0.4, -0.2) is 81.2 Å². The number of hydrogen-bond donors (Lipinski definition) is 2. The Morgan fingerprint density at radius 2 is 1.90 bits per heavy atom. The van der Waals surface area contributed by atoms with Crippen molar-refractivity contribution in [3.05, 3.63) is 12.4 Å². The molecule has 2 unspecified atom stereocenters. The first-order valence-electron chi connectivity index (χ1n) is 10.5. The van der Waals surface area contributed by atoms with Crippen molar-refractivity contribution in [1.82, 2.24) is 14.9 Å². The molecule has 2 aliphatic rings. The highest BCUT2D eigenvalue weighted by atomic mass is 16.7. The largest absolute Gasteiger partial charge is 0.498 e. The molecule has 1 amide bonds. The van der Waals surface area contributed by atoms with Gasteiger partial charge in [0.15, 0.2) is 6.10 Å². The van der Waals surface area contributed by atoms with E-state index in [1.54, 1.807) is 17.3 Å². The van der Waals surface area contributed by atoms with Gasteiger partial charge < -0.3 is 29.2 Å². The van der Waals surface area contributed by atoms with Crippen LogP contribution in [0, 0.1) is 0 Å². The molecule has 2 saturated heterocycles. The second-order valence-electron chi connectivity index (χ2n) is 8.90. The van der Waals surface area contributed by atoms with Gasteiger partial charge in [-0.3, -0.25) is 4.79 Å². The Hall–Kier alpha value is -1.75. The summed E-state index contributed by atoms with van der Waals surface area (Å²) in [6.07, 6.45) is 5.27. The summed E-state index contributed by atoms with van der Waals surface area (Å²) in [5.41, 5.74) is -0.137. The fraction of sp³-hybridized carbons (Fsp3) is 0.750. The van der Waals surface area contributed by atoms with Crippen LogP contribution in [0.15, 0.2) is 12.4 Å². The summed E-state index contributed by atoms with van der Waals surface area (Å²) in [5, 5.41) is 18.7. The molecule has 166 valence electrons. The number of likely N-dealkylation sites (tertiary alicyclic amines) is 1. The number of ether oxygens (including phenoxy) is 1. The minimum atomic E-state index is -1.36. The van der Waals surface area contributed by atoms with E-state index in [1.807, 2.05) is 27.7 Å². The van der Waals surface area contributed by atoms with E-state index in [2.05, 4.69) is 9.97 Å². The first-order chi connectivity index (χ1) is 14.1. The van der Waals surface area contributed by atoms with E-state index in [0.29, 0.717) is 19.6 Å². The maximum absolute atomic E-state index is 12.3. The molecule has 9 nitrogen and oxygen atoms in total. The minimum Gasteiger partial charge on any atom is -0.463 e. The van der Waals surface area contributed by atoms with Gasteiger partial charge in [0.1, 0.15) is 0 Å². The summed E-state index contributed by atoms with van der Waals surface area (Å²) in [7, 11) is -0.524. The number of aliphatic hydroxyl groups excluding tert-OH is 2. The summed E-state index contributed by atoms with van der Waals surface area (Å²) in [6, 6.07) is 0.218. The average Bonchev–Trinajstić information content (AvgIpc) is 2.95. The number of aromatic nitrogens is 2. The third-order valence-electron chi connectivity index (χ3n) is 6.22. The van der Waals surface area contributed by atoms with Crippen LogP contribution >= 0.6 is 0 Å². The molecule has 3 heterocycles. The molecule has 0 radical (unpaired) electrons. The Morgan fingerprint density at radius 3 is 2.50 bits per heavy atom. The van der Waals surface area contributed by atoms with E-state index in [9.17, 15) is 9.90 Å². The van der Waals surface area contributed by atoms with E-state index in [0.717, 1.165) is 24.7 Å². The van der Waals surface area contributed by atoms with Crippen LogP contribution in [0.3, 0.4) is 0 Å². The molecule has 1 aromatic heterocycles. The standard InChI is InChI=1S/C20H32BN3O6/c1-19(2)20(3,4)30-21(29-19)14-11-22-18(23-12-14)28-10-8-15-7-5-6-9-24(15)17(27)16(26)13-25/h11-12,15-16,25-26H,5-10,13H2,1-4H3. The Labute approximate surface area is 177 Å². The molecule has 1 aromatic rings. The lowest BCUT2D eigenvalue weighted by Crippen LogP contribution is -2.49. The second kappa shape index (κ2) is 9.17. The molecule has 0 bridgehead atoms. The van der Waals surface area contributed by atoms with E-state index in [1.165, 1.54) is 0 Å². The normalized spacial score (nSPS) is 24.0. The van der Waals surface area contributed by atoms with Gasteiger partial charge in [-0.2, -0.15) is 0 Å². The molecule has 0 spiro atoms. The van der Waals surface area contributed by atoms with Gasteiger partial charge in [-0.1, -0.05) is 0 Å². The van der Waals surface area contributed by atoms with Gasteiger partial charge in [-0.25, -0.2) is 9.97 Å². The summed E-state index contributed by atoms with van der Waals surface area (Å²) in [6.45, 7) is 8.32. The Kier molecular flexibility index (Phi) is 7.01. The Morgan fingerprint density at radius 1 is 1.27 bits per heavy atom. The third-order valence-corrected chi connectivity index (χ3v) is 6.22. The molecular weight excluding hydrogens is 389 g/mol. The summed E-state index contributed by atoms with van der Waals surface area (Å²) in [4.78, 5) is 22.4. The van der Waals surface area contributed by atoms with E-state index in [-0.39, 0.29) is 12.1 Å². The highest BCUT2D eigenvalue weighted by Gasteiger charge is 2.52. The van der Waals surface area contributed by atoms with Gasteiger partial charge in [0, 0.05) is 36.9 Å². The van der Waals surface area contributed by atoms with Crippen molar-refractivity contribution < 1.29 is 29.1 Å². The van der Waals surface area contributed by atoms with Gasteiger partial charge in [-0.05, 0) is 47.0 Å². The average molecular weight is 421 g/mol. The molecule has 10 heteroatoms. The number of amides is 1. The number of piperidine rings is 1. The van der Waals surface area contributed by atoms with Crippen LogP contribution in [-0.2, 0) is 14.1 Å². The van der Waals surface area contributed by atoms with Gasteiger partial charge in [0.05, 0.1) is 24.4 Å². The molecule has 3 rings (SSSR count). The van der Waals surface area contributed by atoms with Gasteiger partial charge in [0.25, 0.3) is 5.91 Å². The SMILES string of the molecule is CC1(C)OB(c2cnc(OCCC3CCCCN3C(=O)C(O)CO)nc2)OC1(C)C. The van der Waals surface area contributed by atoms with Crippen molar-refractivity contribution in [1.29, 1.82) is 0 Å². The third kappa shape index (κ3) is 4.93. The first-order valence-corrected chi connectivity index (χ1v) is 10.5. The lowest BCUT2D eigenvalue weighted by molar-refractivity contribution is -0.146. The molecule has 0 aromatic carbocycles. The minimum absolute atomic E-state index is 0.0310. The van der Waals surface area contributed by atoms with Crippen molar-refractivity contribution in [2.24, 2.45) is 0 Å². The number of hydrogen-bond acceptors (Lipinski definition) is 8. The van der Waals surface area contributed by atoms with Crippen molar-refractivity contribution in [2.75, 3.05) is 19.8 Å². The van der Waals surface area contributed by atoms with Gasteiger partial charge in [-0.15, -0.1) is 0 Å². The molecule has 0 aliphatic carbocycles. The summed E-state index contributed by atoms with van der Waals surface area (Å²) >= 11 is 0. The number of carbonyl (C=O) groups is 1. The quantitative estimate of drug-likeness (QED) is 0.604. The molecule has 2 fully saturated rings. The van der Waals surface area contributed by atoms with Crippen LogP contribution in [0.5, 0.6) is 6.01 Å². The van der Waals surface area contributed by atoms with E-state index >= 15 is 0 Å². The summed E-state index contributed by atoms with van der Waals surface area (Å²) in [5.74, 6) is -0.426. The molecule has 2 aliphatic heterocycles. The zero-order valence-corrected chi connectivity index (χ0v) is 18.2. The molecule has 30 heavy (non-hydrogen) atoms. The van der Waals surface area contributed by atoms with Crippen molar-refractivity contribution in [3.8, 4) is 6.01 Å². The predicted molar refractivity (Wildman–Crippen MR) is 110 cm³/mol. The van der Waals surface area contributed by atoms with E-state index < -0.39 is 36.9 Å². The van der Waals surface area contributed by atoms with Crippen LogP contribution in [0.1, 0.15) is 53.4 Å². The smallest absolute Gasteiger partial charge is 0.463 e. The number of aliphatic hydroxyl groups is 2. The number of nitrogens with zero attached hydrogens (tertiary/aromatic N) is 3. The fourth-order valence-corrected chi connectivity index (χ4v) is 3.65. The summed E-state index contributed by atoms with van der Waals surface area (Å²) < 4.78 is 17.7. The maximum Gasteiger partial charge on any atom is 0.498 e. The number of rotatable bonds is 7. The molecule has 0 saturated carbocycles. The van der Waals surface area contributed by atoms with Crippen LogP contribution in [0.25, 0.3) is 0 Å². The molecular formula is C20H32BN3O6. The van der Waals surface area contributed by atoms with Gasteiger partial charge in [0.2, 0.25) is 0 Å². The molecule has 2 N–H and O–H groups in total. The Balaban J connectivity index is 1.52. The zero-order chi connectivity index (χ0) is 21.9. The first kappa shape index (κ1) is 22.9. The predicted octanol–water partition coefficient (Wildman–Crippen LogP) is 0.279. The maximum atomic E-state index is 12.3. The van der Waals surface area contributed by atoms with Gasteiger partial charge >= 0.3 is 13.1 Å². The lowest BCUT2D eigenvalue weighted by Gasteiger charge is -2.36. The highest BCUT2D eigenvalue weighted by molar-refractivity contribution is 6.61. The lowest BCUT2D eigenvalue weighted by atomic mass is 9.81. The van der Waals surface area contributed by atoms with Crippen LogP contribution in [0.4, 0.5) is 0 Å². The monoisotopic (exact) mass is 421 g/mol. The zero-order valence-electron chi connectivity index (χ0n) is 18.2. The molecule has 2 atom stereocenters. The topological polar surface area (TPSA) is 114 Å². The second-order valence-corrected chi connectivity index (χ2v) is 8.90. The van der Waals surface area contributed by atoms with Crippen molar-refractivity contribution in [2.45, 2.75) is 76.7 Å².